The van der Waals surface area contributed by atoms with Crippen molar-refractivity contribution in [3.05, 3.63) is 29.8 Å². The van der Waals surface area contributed by atoms with Crippen LogP contribution in [0.5, 0.6) is 0 Å². The SMILES string of the molecule is CCO[C@@H]1C[C@H]1C(=O)NCCN1c2ccccc2C[C@@H]1C. The molecule has 1 saturated carbocycles. The first-order valence-electron chi connectivity index (χ1n) is 7.94. The quantitative estimate of drug-likeness (QED) is 0.870. The van der Waals surface area contributed by atoms with E-state index in [-0.39, 0.29) is 17.9 Å². The first kappa shape index (κ1) is 14.4. The van der Waals surface area contributed by atoms with E-state index in [4.69, 9.17) is 4.74 Å². The molecule has 1 aliphatic heterocycles. The van der Waals surface area contributed by atoms with E-state index in [2.05, 4.69) is 41.4 Å². The molecule has 2 aliphatic rings. The van der Waals surface area contributed by atoms with Crippen LogP contribution in [-0.4, -0.2) is 37.7 Å². The molecule has 1 N–H and O–H groups in total. The number of fused-ring (bicyclic) bond motifs is 1. The van der Waals surface area contributed by atoms with Gasteiger partial charge >= 0.3 is 0 Å². The van der Waals surface area contributed by atoms with Crippen LogP contribution in [-0.2, 0) is 16.0 Å². The van der Waals surface area contributed by atoms with Gasteiger partial charge in [-0.25, -0.2) is 0 Å². The van der Waals surface area contributed by atoms with Gasteiger partial charge in [0.05, 0.1) is 12.0 Å². The smallest absolute Gasteiger partial charge is 0.225 e. The minimum Gasteiger partial charge on any atom is -0.378 e. The van der Waals surface area contributed by atoms with Crippen molar-refractivity contribution in [2.45, 2.75) is 38.8 Å². The van der Waals surface area contributed by atoms with Gasteiger partial charge in [-0.05, 0) is 38.3 Å². The van der Waals surface area contributed by atoms with Gasteiger partial charge in [0.15, 0.2) is 0 Å². The van der Waals surface area contributed by atoms with E-state index >= 15 is 0 Å². The van der Waals surface area contributed by atoms with E-state index in [1.165, 1.54) is 11.3 Å². The van der Waals surface area contributed by atoms with Crippen molar-refractivity contribution < 1.29 is 9.53 Å². The number of rotatable bonds is 6. The third-order valence-electron chi connectivity index (χ3n) is 4.45. The second-order valence-electron chi connectivity index (χ2n) is 6.00. The highest BCUT2D eigenvalue weighted by Gasteiger charge is 2.43. The number of hydrogen-bond acceptors (Lipinski definition) is 3. The summed E-state index contributed by atoms with van der Waals surface area (Å²) in [4.78, 5) is 14.4. The molecule has 1 fully saturated rings. The molecule has 3 atom stereocenters. The number of benzene rings is 1. The Morgan fingerprint density at radius 1 is 1.43 bits per heavy atom. The van der Waals surface area contributed by atoms with Crippen LogP contribution in [0.25, 0.3) is 0 Å². The van der Waals surface area contributed by atoms with Crippen molar-refractivity contribution in [1.82, 2.24) is 5.32 Å². The Kier molecular flexibility index (Phi) is 4.15. The molecule has 0 saturated heterocycles. The minimum absolute atomic E-state index is 0.0771. The average Bonchev–Trinajstić information content (AvgIpc) is 3.17. The van der Waals surface area contributed by atoms with Gasteiger partial charge in [0.1, 0.15) is 0 Å². The predicted octanol–water partition coefficient (Wildman–Crippen LogP) is 1.98. The Morgan fingerprint density at radius 2 is 2.24 bits per heavy atom. The van der Waals surface area contributed by atoms with E-state index in [0.29, 0.717) is 19.2 Å². The summed E-state index contributed by atoms with van der Waals surface area (Å²) in [5.41, 5.74) is 2.73. The second kappa shape index (κ2) is 6.06. The van der Waals surface area contributed by atoms with E-state index < -0.39 is 0 Å². The molecule has 4 heteroatoms. The van der Waals surface area contributed by atoms with Gasteiger partial charge in [-0.2, -0.15) is 0 Å². The molecule has 0 bridgehead atoms. The number of para-hydroxylation sites is 1. The highest BCUT2D eigenvalue weighted by Crippen LogP contribution is 2.34. The second-order valence-corrected chi connectivity index (χ2v) is 6.00. The van der Waals surface area contributed by atoms with Crippen molar-refractivity contribution in [2.24, 2.45) is 5.92 Å². The monoisotopic (exact) mass is 288 g/mol. The van der Waals surface area contributed by atoms with Gasteiger partial charge in [-0.15, -0.1) is 0 Å². The van der Waals surface area contributed by atoms with Gasteiger partial charge in [0.25, 0.3) is 0 Å². The molecule has 21 heavy (non-hydrogen) atoms. The third kappa shape index (κ3) is 3.05. The summed E-state index contributed by atoms with van der Waals surface area (Å²) in [6.07, 6.45) is 2.13. The lowest BCUT2D eigenvalue weighted by Crippen LogP contribution is -2.38. The molecule has 0 unspecified atom stereocenters. The van der Waals surface area contributed by atoms with Crippen molar-refractivity contribution in [3.8, 4) is 0 Å². The third-order valence-corrected chi connectivity index (χ3v) is 4.45. The van der Waals surface area contributed by atoms with E-state index in [1.54, 1.807) is 0 Å². The van der Waals surface area contributed by atoms with Crippen LogP contribution in [0.2, 0.25) is 0 Å². The van der Waals surface area contributed by atoms with Gasteiger partial charge in [0.2, 0.25) is 5.91 Å². The first-order chi connectivity index (χ1) is 10.2. The predicted molar refractivity (Wildman–Crippen MR) is 83.5 cm³/mol. The number of carbonyl (C=O) groups excluding carboxylic acids is 1. The van der Waals surface area contributed by atoms with Gasteiger partial charge in [-0.3, -0.25) is 4.79 Å². The van der Waals surface area contributed by atoms with Crippen LogP contribution in [0, 0.1) is 5.92 Å². The van der Waals surface area contributed by atoms with Gasteiger partial charge in [0, 0.05) is 31.4 Å². The summed E-state index contributed by atoms with van der Waals surface area (Å²) in [6.45, 7) is 6.48. The normalized spacial score (nSPS) is 26.6. The van der Waals surface area contributed by atoms with Crippen molar-refractivity contribution >= 4 is 11.6 Å². The Hall–Kier alpha value is -1.55. The molecule has 0 aromatic heterocycles. The zero-order chi connectivity index (χ0) is 14.8. The number of carbonyl (C=O) groups is 1. The summed E-state index contributed by atoms with van der Waals surface area (Å²) < 4.78 is 5.46. The minimum atomic E-state index is 0.0771. The summed E-state index contributed by atoms with van der Waals surface area (Å²) in [7, 11) is 0. The van der Waals surface area contributed by atoms with Crippen LogP contribution < -0.4 is 10.2 Å². The number of nitrogens with zero attached hydrogens (tertiary/aromatic N) is 1. The summed E-state index contributed by atoms with van der Waals surface area (Å²) in [6, 6.07) is 9.06. The number of anilines is 1. The van der Waals surface area contributed by atoms with Crippen LogP contribution in [0.15, 0.2) is 24.3 Å². The molecule has 1 aliphatic carbocycles. The number of ether oxygens (including phenoxy) is 1. The Balaban J connectivity index is 1.47. The van der Waals surface area contributed by atoms with Crippen molar-refractivity contribution in [2.75, 3.05) is 24.6 Å². The molecular weight excluding hydrogens is 264 g/mol. The lowest BCUT2D eigenvalue weighted by atomic mass is 10.1. The van der Waals surface area contributed by atoms with Crippen molar-refractivity contribution in [3.63, 3.8) is 0 Å². The zero-order valence-corrected chi connectivity index (χ0v) is 12.8. The fourth-order valence-electron chi connectivity index (χ4n) is 3.25. The number of hydrogen-bond donors (Lipinski definition) is 1. The lowest BCUT2D eigenvalue weighted by Gasteiger charge is -2.25. The molecule has 1 amide bonds. The summed E-state index contributed by atoms with van der Waals surface area (Å²) in [5.74, 6) is 0.224. The zero-order valence-electron chi connectivity index (χ0n) is 12.8. The molecule has 3 rings (SSSR count). The van der Waals surface area contributed by atoms with E-state index in [9.17, 15) is 4.79 Å². The Bertz CT molecular complexity index is 517. The summed E-state index contributed by atoms with van der Waals surface area (Å²) in [5, 5.41) is 3.05. The first-order valence-corrected chi connectivity index (χ1v) is 7.94. The molecule has 114 valence electrons. The standard InChI is InChI=1S/C17H24N2O2/c1-3-21-16-11-14(16)17(20)18-8-9-19-12(2)10-13-6-4-5-7-15(13)19/h4-7,12,14,16H,3,8-11H2,1-2H3,(H,18,20)/t12-,14+,16+/m0/s1. The van der Waals surface area contributed by atoms with E-state index in [1.807, 2.05) is 6.92 Å². The maximum Gasteiger partial charge on any atom is 0.225 e. The molecule has 1 aromatic carbocycles. The van der Waals surface area contributed by atoms with E-state index in [0.717, 1.165) is 19.4 Å². The Labute approximate surface area is 126 Å². The lowest BCUT2D eigenvalue weighted by molar-refractivity contribution is -0.123. The number of nitrogens with one attached hydrogen (secondary N) is 1. The molecule has 1 aromatic rings. The van der Waals surface area contributed by atoms with Crippen molar-refractivity contribution in [1.29, 1.82) is 0 Å². The van der Waals surface area contributed by atoms with Crippen LogP contribution in [0.3, 0.4) is 0 Å². The number of amides is 1. The maximum atomic E-state index is 12.0. The van der Waals surface area contributed by atoms with Gasteiger partial charge < -0.3 is 15.0 Å². The molecule has 0 radical (unpaired) electrons. The van der Waals surface area contributed by atoms with Crippen LogP contribution in [0.1, 0.15) is 25.8 Å². The fraction of sp³-hybridized carbons (Fsp3) is 0.588. The molecule has 0 spiro atoms. The highest BCUT2D eigenvalue weighted by atomic mass is 16.5. The van der Waals surface area contributed by atoms with Crippen LogP contribution in [0.4, 0.5) is 5.69 Å². The Morgan fingerprint density at radius 3 is 3.05 bits per heavy atom. The topological polar surface area (TPSA) is 41.6 Å². The molecule has 1 heterocycles. The highest BCUT2D eigenvalue weighted by molar-refractivity contribution is 5.82. The molecular formula is C17H24N2O2. The fourth-order valence-corrected chi connectivity index (χ4v) is 3.25. The molecule has 4 nitrogen and oxygen atoms in total. The van der Waals surface area contributed by atoms with Gasteiger partial charge in [-0.1, -0.05) is 18.2 Å². The largest absolute Gasteiger partial charge is 0.378 e. The van der Waals surface area contributed by atoms with Crippen LogP contribution >= 0.6 is 0 Å². The maximum absolute atomic E-state index is 12.0. The average molecular weight is 288 g/mol. The summed E-state index contributed by atoms with van der Waals surface area (Å²) >= 11 is 0.